The van der Waals surface area contributed by atoms with E-state index in [-0.39, 0.29) is 0 Å². The number of para-hydroxylation sites is 1. The van der Waals surface area contributed by atoms with Crippen molar-refractivity contribution in [2.75, 3.05) is 0 Å². The highest BCUT2D eigenvalue weighted by Gasteiger charge is 2.32. The molecule has 0 fully saturated rings. The van der Waals surface area contributed by atoms with Crippen LogP contribution in [0.5, 0.6) is 0 Å². The predicted molar refractivity (Wildman–Crippen MR) is 137 cm³/mol. The molecule has 1 aliphatic carbocycles. The molecule has 1 aliphatic rings. The van der Waals surface area contributed by atoms with Crippen LogP contribution in [-0.2, 0) is 25.4 Å². The van der Waals surface area contributed by atoms with Gasteiger partial charge in [0.25, 0.3) is 0 Å². The van der Waals surface area contributed by atoms with Crippen molar-refractivity contribution in [3.8, 4) is 11.4 Å². The summed E-state index contributed by atoms with van der Waals surface area (Å²) in [6.45, 7) is 12.1. The molecule has 8 heteroatoms. The SMILES string of the molecule is CC(=O)OC1=CCCc2c1cc(-c1cc3ccccc3n1C(=O)OC(C)(C)C)n2C(=O)OC(C)(C)C. The minimum Gasteiger partial charge on any atom is -0.443 e. The number of carbonyl (C=O) groups excluding carboxylic acids is 3. The average Bonchev–Trinajstić information content (AvgIpc) is 3.30. The van der Waals surface area contributed by atoms with Crippen LogP contribution in [0.3, 0.4) is 0 Å². The number of hydrogen-bond donors (Lipinski definition) is 0. The first-order valence-electron chi connectivity index (χ1n) is 12.0. The Kier molecular flexibility index (Phi) is 6.32. The monoisotopic (exact) mass is 492 g/mol. The van der Waals surface area contributed by atoms with Gasteiger partial charge in [-0.2, -0.15) is 0 Å². The Morgan fingerprint density at radius 2 is 1.42 bits per heavy atom. The quantitative estimate of drug-likeness (QED) is 0.299. The zero-order valence-corrected chi connectivity index (χ0v) is 21.8. The van der Waals surface area contributed by atoms with E-state index in [1.54, 1.807) is 47.6 Å². The van der Waals surface area contributed by atoms with Gasteiger partial charge in [-0.1, -0.05) is 18.2 Å². The van der Waals surface area contributed by atoms with E-state index in [2.05, 4.69) is 0 Å². The summed E-state index contributed by atoms with van der Waals surface area (Å²) >= 11 is 0. The molecule has 190 valence electrons. The zero-order valence-electron chi connectivity index (χ0n) is 21.8. The molecule has 0 N–H and O–H groups in total. The third-order valence-corrected chi connectivity index (χ3v) is 5.46. The minimum absolute atomic E-state index is 0.382. The highest BCUT2D eigenvalue weighted by atomic mass is 16.6. The van der Waals surface area contributed by atoms with Gasteiger partial charge in [-0.15, -0.1) is 0 Å². The summed E-state index contributed by atoms with van der Waals surface area (Å²) in [5.74, 6) is -0.0734. The third kappa shape index (κ3) is 5.08. The molecule has 0 spiro atoms. The van der Waals surface area contributed by atoms with Crippen LogP contribution in [0.1, 0.15) is 66.1 Å². The van der Waals surface area contributed by atoms with Crippen molar-refractivity contribution in [1.29, 1.82) is 0 Å². The molecule has 2 aromatic heterocycles. The Morgan fingerprint density at radius 3 is 2.03 bits per heavy atom. The number of allylic oxidation sites excluding steroid dienone is 1. The second-order valence-electron chi connectivity index (χ2n) is 10.8. The lowest BCUT2D eigenvalue weighted by Crippen LogP contribution is -2.30. The van der Waals surface area contributed by atoms with Crippen molar-refractivity contribution in [3.63, 3.8) is 0 Å². The zero-order chi connectivity index (χ0) is 26.4. The fourth-order valence-corrected chi connectivity index (χ4v) is 4.26. The number of fused-ring (bicyclic) bond motifs is 2. The van der Waals surface area contributed by atoms with Crippen LogP contribution in [0.2, 0.25) is 0 Å². The van der Waals surface area contributed by atoms with Crippen molar-refractivity contribution in [3.05, 3.63) is 53.7 Å². The van der Waals surface area contributed by atoms with Gasteiger partial charge >= 0.3 is 18.2 Å². The third-order valence-electron chi connectivity index (χ3n) is 5.46. The summed E-state index contributed by atoms with van der Waals surface area (Å²) in [7, 11) is 0. The van der Waals surface area contributed by atoms with E-state index in [4.69, 9.17) is 14.2 Å². The van der Waals surface area contributed by atoms with E-state index in [1.807, 2.05) is 36.4 Å². The minimum atomic E-state index is -0.743. The Labute approximate surface area is 210 Å². The van der Waals surface area contributed by atoms with Gasteiger partial charge in [-0.05, 0) is 78.7 Å². The van der Waals surface area contributed by atoms with Crippen LogP contribution in [0, 0.1) is 0 Å². The van der Waals surface area contributed by atoms with Gasteiger partial charge in [-0.25, -0.2) is 18.7 Å². The number of carbonyl (C=O) groups is 3. The maximum atomic E-state index is 13.5. The molecule has 36 heavy (non-hydrogen) atoms. The van der Waals surface area contributed by atoms with E-state index >= 15 is 0 Å². The molecule has 0 bridgehead atoms. The molecular formula is C28H32N2O6. The Bertz CT molecular complexity index is 1390. The topological polar surface area (TPSA) is 88.8 Å². The molecule has 0 radical (unpaired) electrons. The molecule has 3 aromatic rings. The fourth-order valence-electron chi connectivity index (χ4n) is 4.26. The van der Waals surface area contributed by atoms with Crippen molar-refractivity contribution in [2.24, 2.45) is 0 Å². The summed E-state index contributed by atoms with van der Waals surface area (Å²) in [6.07, 6.45) is 1.80. The molecule has 2 heterocycles. The molecule has 0 saturated carbocycles. The van der Waals surface area contributed by atoms with Crippen LogP contribution in [0.15, 0.2) is 42.5 Å². The summed E-state index contributed by atoms with van der Waals surface area (Å²) in [5, 5.41) is 0.809. The maximum Gasteiger partial charge on any atom is 0.419 e. The molecule has 0 amide bonds. The van der Waals surface area contributed by atoms with Gasteiger partial charge in [0.2, 0.25) is 0 Å². The van der Waals surface area contributed by atoms with Gasteiger partial charge in [-0.3, -0.25) is 4.79 Å². The summed E-state index contributed by atoms with van der Waals surface area (Å²) in [5.41, 5.74) is 1.35. The molecule has 0 aliphatic heterocycles. The summed E-state index contributed by atoms with van der Waals surface area (Å²) in [6, 6.07) is 11.0. The van der Waals surface area contributed by atoms with E-state index in [0.717, 1.165) is 5.39 Å². The van der Waals surface area contributed by atoms with Gasteiger partial charge in [0.05, 0.1) is 16.9 Å². The normalized spacial score (nSPS) is 13.7. The average molecular weight is 493 g/mol. The van der Waals surface area contributed by atoms with Crippen LogP contribution in [0.25, 0.3) is 28.0 Å². The largest absolute Gasteiger partial charge is 0.443 e. The summed E-state index contributed by atoms with van der Waals surface area (Å²) < 4.78 is 19.9. The number of hydrogen-bond acceptors (Lipinski definition) is 6. The number of nitrogens with zero attached hydrogens (tertiary/aromatic N) is 2. The smallest absolute Gasteiger partial charge is 0.419 e. The van der Waals surface area contributed by atoms with Gasteiger partial charge < -0.3 is 14.2 Å². The lowest BCUT2D eigenvalue weighted by molar-refractivity contribution is -0.134. The standard InChI is InChI=1S/C28H32N2O6/c1-17(31)34-24-14-10-13-21-19(24)16-23(30(21)26(33)36-28(5,6)7)22-15-18-11-8-9-12-20(18)29(22)25(32)35-27(2,3)4/h8-9,11-12,14-16H,10,13H2,1-7H3. The first-order chi connectivity index (χ1) is 16.7. The number of rotatable bonds is 2. The van der Waals surface area contributed by atoms with E-state index in [9.17, 15) is 14.4 Å². The number of benzene rings is 1. The maximum absolute atomic E-state index is 13.5. The first kappa shape index (κ1) is 25.3. The molecule has 0 unspecified atom stereocenters. The fraction of sp³-hybridized carbons (Fsp3) is 0.393. The van der Waals surface area contributed by atoms with E-state index in [1.165, 1.54) is 16.1 Å². The van der Waals surface area contributed by atoms with Crippen molar-refractivity contribution >= 4 is 34.8 Å². The second kappa shape index (κ2) is 9.00. The molecule has 1 aromatic carbocycles. The van der Waals surface area contributed by atoms with E-state index in [0.29, 0.717) is 46.8 Å². The predicted octanol–water partition coefficient (Wildman–Crippen LogP) is 6.53. The van der Waals surface area contributed by atoms with Gasteiger partial charge in [0.15, 0.2) is 0 Å². The van der Waals surface area contributed by atoms with Crippen LogP contribution in [-0.4, -0.2) is 38.5 Å². The second-order valence-corrected chi connectivity index (χ2v) is 10.8. The van der Waals surface area contributed by atoms with Gasteiger partial charge in [0.1, 0.15) is 17.0 Å². The Hall–Kier alpha value is -3.81. The number of ether oxygens (including phenoxy) is 3. The van der Waals surface area contributed by atoms with Crippen molar-refractivity contribution in [1.82, 2.24) is 9.13 Å². The summed E-state index contributed by atoms with van der Waals surface area (Å²) in [4.78, 5) is 38.7. The molecular weight excluding hydrogens is 460 g/mol. The Balaban J connectivity index is 1.99. The van der Waals surface area contributed by atoms with Gasteiger partial charge in [0, 0.05) is 23.6 Å². The molecule has 4 rings (SSSR count). The molecule has 0 saturated heterocycles. The van der Waals surface area contributed by atoms with Crippen LogP contribution < -0.4 is 0 Å². The van der Waals surface area contributed by atoms with Crippen LogP contribution in [0.4, 0.5) is 9.59 Å². The van der Waals surface area contributed by atoms with Crippen molar-refractivity contribution < 1.29 is 28.6 Å². The lowest BCUT2D eigenvalue weighted by atomic mass is 10.0. The molecule has 8 nitrogen and oxygen atoms in total. The molecule has 0 atom stereocenters. The highest BCUT2D eigenvalue weighted by Crippen LogP contribution is 2.38. The number of esters is 1. The number of aromatic nitrogens is 2. The van der Waals surface area contributed by atoms with Crippen molar-refractivity contribution in [2.45, 2.75) is 72.5 Å². The van der Waals surface area contributed by atoms with Crippen LogP contribution >= 0.6 is 0 Å². The lowest BCUT2D eigenvalue weighted by Gasteiger charge is -2.23. The Morgan fingerprint density at radius 1 is 0.833 bits per heavy atom. The highest BCUT2D eigenvalue weighted by molar-refractivity contribution is 5.97. The van der Waals surface area contributed by atoms with E-state index < -0.39 is 29.4 Å². The first-order valence-corrected chi connectivity index (χ1v) is 12.0.